The van der Waals surface area contributed by atoms with Crippen LogP contribution in [0.5, 0.6) is 0 Å². The van der Waals surface area contributed by atoms with Crippen molar-refractivity contribution < 1.29 is 13.6 Å². The average molecular weight is 311 g/mol. The van der Waals surface area contributed by atoms with Crippen molar-refractivity contribution in [2.75, 3.05) is 33.2 Å². The number of halogens is 2. The van der Waals surface area contributed by atoms with Gasteiger partial charge in [-0.3, -0.25) is 9.69 Å². The third-order valence-corrected chi connectivity index (χ3v) is 4.38. The van der Waals surface area contributed by atoms with Crippen molar-refractivity contribution in [3.8, 4) is 0 Å². The summed E-state index contributed by atoms with van der Waals surface area (Å²) in [7, 11) is 1.70. The molecule has 1 saturated heterocycles. The summed E-state index contributed by atoms with van der Waals surface area (Å²) in [6.07, 6.45) is 0. The Labute approximate surface area is 130 Å². The van der Waals surface area contributed by atoms with E-state index < -0.39 is 11.6 Å². The summed E-state index contributed by atoms with van der Waals surface area (Å²) in [5.41, 5.74) is 0.586. The normalized spacial score (nSPS) is 20.7. The van der Waals surface area contributed by atoms with Crippen LogP contribution in [-0.2, 0) is 4.79 Å². The van der Waals surface area contributed by atoms with Gasteiger partial charge < -0.3 is 10.2 Å². The van der Waals surface area contributed by atoms with E-state index in [1.165, 1.54) is 6.07 Å². The molecule has 22 heavy (non-hydrogen) atoms. The van der Waals surface area contributed by atoms with E-state index >= 15 is 0 Å². The van der Waals surface area contributed by atoms with Gasteiger partial charge in [-0.25, -0.2) is 8.78 Å². The first-order valence-corrected chi connectivity index (χ1v) is 7.55. The van der Waals surface area contributed by atoms with Crippen molar-refractivity contribution in [2.45, 2.75) is 25.9 Å². The number of piperazine rings is 1. The van der Waals surface area contributed by atoms with Crippen LogP contribution in [0.2, 0.25) is 0 Å². The minimum Gasteiger partial charge on any atom is -0.338 e. The Balaban J connectivity index is 2.01. The lowest BCUT2D eigenvalue weighted by Crippen LogP contribution is -2.53. The van der Waals surface area contributed by atoms with Crippen molar-refractivity contribution >= 4 is 5.91 Å². The van der Waals surface area contributed by atoms with E-state index in [1.807, 2.05) is 6.92 Å². The molecule has 0 saturated carbocycles. The molecule has 6 heteroatoms. The second-order valence-corrected chi connectivity index (χ2v) is 5.88. The monoisotopic (exact) mass is 311 g/mol. The topological polar surface area (TPSA) is 35.6 Å². The summed E-state index contributed by atoms with van der Waals surface area (Å²) >= 11 is 0. The average Bonchev–Trinajstić information content (AvgIpc) is 2.50. The molecule has 1 heterocycles. The highest BCUT2D eigenvalue weighted by molar-refractivity contribution is 5.78. The number of hydrogen-bond acceptors (Lipinski definition) is 3. The maximum atomic E-state index is 13.3. The van der Waals surface area contributed by atoms with Crippen molar-refractivity contribution in [1.29, 1.82) is 0 Å². The van der Waals surface area contributed by atoms with Gasteiger partial charge >= 0.3 is 0 Å². The summed E-state index contributed by atoms with van der Waals surface area (Å²) in [6.45, 7) is 6.81. The summed E-state index contributed by atoms with van der Waals surface area (Å²) < 4.78 is 26.3. The predicted octanol–water partition coefficient (Wildman–Crippen LogP) is 1.78. The molecule has 0 spiro atoms. The van der Waals surface area contributed by atoms with Crippen LogP contribution in [0.25, 0.3) is 0 Å². The van der Waals surface area contributed by atoms with Crippen LogP contribution in [-0.4, -0.2) is 55.0 Å². The Morgan fingerprint density at radius 3 is 2.82 bits per heavy atom. The number of amides is 1. The molecular weight excluding hydrogens is 288 g/mol. The minimum atomic E-state index is -0.888. The minimum absolute atomic E-state index is 0.0222. The fourth-order valence-electron chi connectivity index (χ4n) is 2.62. The third kappa shape index (κ3) is 3.81. The molecule has 1 amide bonds. The van der Waals surface area contributed by atoms with E-state index in [4.69, 9.17) is 0 Å². The fourth-order valence-corrected chi connectivity index (χ4v) is 2.62. The Morgan fingerprint density at radius 2 is 2.18 bits per heavy atom. The maximum absolute atomic E-state index is 13.3. The van der Waals surface area contributed by atoms with Crippen molar-refractivity contribution in [1.82, 2.24) is 15.1 Å². The molecule has 1 N–H and O–H groups in total. The number of nitrogens with zero attached hydrogens (tertiary/aromatic N) is 2. The molecule has 1 aliphatic heterocycles. The van der Waals surface area contributed by atoms with Gasteiger partial charge in [0, 0.05) is 32.7 Å². The van der Waals surface area contributed by atoms with Gasteiger partial charge in [0.1, 0.15) is 0 Å². The summed E-state index contributed by atoms with van der Waals surface area (Å²) in [5, 5.41) is 3.28. The highest BCUT2D eigenvalue weighted by Gasteiger charge is 2.24. The lowest BCUT2D eigenvalue weighted by Gasteiger charge is -2.35. The summed E-state index contributed by atoms with van der Waals surface area (Å²) in [6, 6.07) is 3.76. The second kappa shape index (κ2) is 7.15. The van der Waals surface area contributed by atoms with E-state index in [0.29, 0.717) is 18.2 Å². The van der Waals surface area contributed by atoms with Gasteiger partial charge in [-0.1, -0.05) is 6.07 Å². The number of carbonyl (C=O) groups excluding carboxylic acids is 1. The first-order chi connectivity index (χ1) is 10.4. The molecule has 0 aliphatic carbocycles. The Kier molecular flexibility index (Phi) is 5.47. The molecule has 1 aromatic carbocycles. The van der Waals surface area contributed by atoms with Crippen molar-refractivity contribution in [2.24, 2.45) is 0 Å². The van der Waals surface area contributed by atoms with E-state index in [9.17, 15) is 13.6 Å². The number of nitrogens with one attached hydrogen (secondary N) is 1. The van der Waals surface area contributed by atoms with Gasteiger partial charge in [0.25, 0.3) is 0 Å². The van der Waals surface area contributed by atoms with E-state index in [0.717, 1.165) is 31.8 Å². The molecule has 122 valence electrons. The van der Waals surface area contributed by atoms with Gasteiger partial charge in [-0.15, -0.1) is 0 Å². The van der Waals surface area contributed by atoms with Crippen LogP contribution in [0, 0.1) is 11.6 Å². The predicted molar refractivity (Wildman–Crippen MR) is 81.4 cm³/mol. The van der Waals surface area contributed by atoms with Crippen LogP contribution >= 0.6 is 0 Å². The SMILES string of the molecule is CC(c1ccc(F)c(F)c1)N(C)C(=O)CN1CCNC[C@@H]1C. The first-order valence-electron chi connectivity index (χ1n) is 7.55. The first kappa shape index (κ1) is 16.8. The Morgan fingerprint density at radius 1 is 1.45 bits per heavy atom. The zero-order valence-corrected chi connectivity index (χ0v) is 13.3. The number of likely N-dealkylation sites (N-methyl/N-ethyl adjacent to an activating group) is 1. The van der Waals surface area contributed by atoms with Crippen molar-refractivity contribution in [3.63, 3.8) is 0 Å². The highest BCUT2D eigenvalue weighted by Crippen LogP contribution is 2.21. The summed E-state index contributed by atoms with van der Waals surface area (Å²) in [5.74, 6) is -1.79. The molecular formula is C16H23F2N3O. The van der Waals surface area contributed by atoms with Gasteiger partial charge in [0.05, 0.1) is 12.6 Å². The van der Waals surface area contributed by atoms with Gasteiger partial charge in [-0.05, 0) is 31.5 Å². The molecule has 1 aromatic rings. The molecule has 0 aromatic heterocycles. The maximum Gasteiger partial charge on any atom is 0.237 e. The number of carbonyl (C=O) groups is 1. The smallest absolute Gasteiger partial charge is 0.237 e. The van der Waals surface area contributed by atoms with Crippen LogP contribution in [0.1, 0.15) is 25.5 Å². The van der Waals surface area contributed by atoms with Gasteiger partial charge in [0.2, 0.25) is 5.91 Å². The second-order valence-electron chi connectivity index (χ2n) is 5.88. The van der Waals surface area contributed by atoms with Crippen LogP contribution < -0.4 is 5.32 Å². The van der Waals surface area contributed by atoms with Gasteiger partial charge in [0.15, 0.2) is 11.6 Å². The van der Waals surface area contributed by atoms with Crippen LogP contribution in [0.4, 0.5) is 8.78 Å². The van der Waals surface area contributed by atoms with Crippen LogP contribution in [0.15, 0.2) is 18.2 Å². The molecule has 1 aliphatic rings. The quantitative estimate of drug-likeness (QED) is 0.921. The summed E-state index contributed by atoms with van der Waals surface area (Å²) in [4.78, 5) is 16.1. The lowest BCUT2D eigenvalue weighted by molar-refractivity contribution is -0.133. The number of rotatable bonds is 4. The Bertz CT molecular complexity index is 538. The highest BCUT2D eigenvalue weighted by atomic mass is 19.2. The standard InChI is InChI=1S/C16H23F2N3O/c1-11-9-19-6-7-21(11)10-16(22)20(3)12(2)13-4-5-14(17)15(18)8-13/h4-5,8,11-12,19H,6-7,9-10H2,1-3H3/t11-,12?/m0/s1. The molecule has 0 bridgehead atoms. The largest absolute Gasteiger partial charge is 0.338 e. The molecule has 2 rings (SSSR count). The van der Waals surface area contributed by atoms with Gasteiger partial charge in [-0.2, -0.15) is 0 Å². The number of benzene rings is 1. The molecule has 1 fully saturated rings. The zero-order chi connectivity index (χ0) is 16.3. The molecule has 0 radical (unpaired) electrons. The molecule has 1 unspecified atom stereocenters. The molecule has 2 atom stereocenters. The van der Waals surface area contributed by atoms with E-state index in [1.54, 1.807) is 11.9 Å². The zero-order valence-electron chi connectivity index (χ0n) is 13.3. The Hall–Kier alpha value is -1.53. The molecule has 4 nitrogen and oxygen atoms in total. The lowest BCUT2D eigenvalue weighted by atomic mass is 10.1. The number of hydrogen-bond donors (Lipinski definition) is 1. The third-order valence-electron chi connectivity index (χ3n) is 4.38. The van der Waals surface area contributed by atoms with E-state index in [2.05, 4.69) is 17.1 Å². The van der Waals surface area contributed by atoms with Crippen LogP contribution in [0.3, 0.4) is 0 Å². The fraction of sp³-hybridized carbons (Fsp3) is 0.562. The van der Waals surface area contributed by atoms with Crippen molar-refractivity contribution in [3.05, 3.63) is 35.4 Å². The van der Waals surface area contributed by atoms with E-state index in [-0.39, 0.29) is 11.9 Å².